The van der Waals surface area contributed by atoms with E-state index in [1.807, 2.05) is 30.3 Å². The maximum atomic E-state index is 12.3. The molecule has 0 aliphatic carbocycles. The van der Waals surface area contributed by atoms with Crippen molar-refractivity contribution >= 4 is 5.78 Å². The Hall–Kier alpha value is -2.09. The minimum absolute atomic E-state index is 0.0451. The highest BCUT2D eigenvalue weighted by molar-refractivity contribution is 5.95. The van der Waals surface area contributed by atoms with Crippen LogP contribution < -0.4 is 0 Å². The van der Waals surface area contributed by atoms with E-state index in [1.54, 1.807) is 18.2 Å². The number of benzene rings is 1. The lowest BCUT2D eigenvalue weighted by Gasteiger charge is -2.12. The van der Waals surface area contributed by atoms with Crippen LogP contribution in [0, 0.1) is 5.92 Å². The van der Waals surface area contributed by atoms with Crippen molar-refractivity contribution in [3.05, 3.63) is 72.7 Å². The molecule has 0 amide bonds. The summed E-state index contributed by atoms with van der Waals surface area (Å²) in [6, 6.07) is 13.5. The number of Topliss-reactive ketones (excluding diaryl/α,β-unsaturated/α-hetero) is 1. The van der Waals surface area contributed by atoms with Crippen LogP contribution in [0.5, 0.6) is 0 Å². The lowest BCUT2D eigenvalue weighted by atomic mass is 9.91. The fourth-order valence-electron chi connectivity index (χ4n) is 2.00. The van der Waals surface area contributed by atoms with Gasteiger partial charge in [0.15, 0.2) is 5.76 Å². The molecule has 92 valence electrons. The minimum Gasteiger partial charge on any atom is -0.461 e. The van der Waals surface area contributed by atoms with Gasteiger partial charge in [-0.25, -0.2) is 0 Å². The first-order valence-electron chi connectivity index (χ1n) is 6.04. The summed E-state index contributed by atoms with van der Waals surface area (Å²) in [6.45, 7) is 3.72. The first-order valence-corrected chi connectivity index (χ1v) is 6.04. The quantitative estimate of drug-likeness (QED) is 0.566. The van der Waals surface area contributed by atoms with Crippen molar-refractivity contribution in [1.82, 2.24) is 0 Å². The minimum atomic E-state index is -0.101. The zero-order chi connectivity index (χ0) is 12.8. The summed E-state index contributed by atoms with van der Waals surface area (Å²) in [5.41, 5.74) is 1.16. The number of furan rings is 1. The molecule has 0 N–H and O–H groups in total. The van der Waals surface area contributed by atoms with E-state index in [4.69, 9.17) is 4.42 Å². The van der Waals surface area contributed by atoms with E-state index < -0.39 is 0 Å². The van der Waals surface area contributed by atoms with Gasteiger partial charge in [0.05, 0.1) is 6.26 Å². The molecule has 2 aromatic rings. The van der Waals surface area contributed by atoms with Gasteiger partial charge in [-0.15, -0.1) is 6.58 Å². The highest BCUT2D eigenvalue weighted by atomic mass is 16.3. The molecule has 1 unspecified atom stereocenters. The molecule has 2 rings (SSSR count). The molecular formula is C16H16O2. The van der Waals surface area contributed by atoms with Crippen LogP contribution in [0.4, 0.5) is 0 Å². The fourth-order valence-corrected chi connectivity index (χ4v) is 2.00. The molecule has 0 aliphatic heterocycles. The van der Waals surface area contributed by atoms with Gasteiger partial charge in [-0.2, -0.15) is 0 Å². The van der Waals surface area contributed by atoms with Gasteiger partial charge in [-0.05, 0) is 30.5 Å². The number of carbonyl (C=O) groups is 1. The van der Waals surface area contributed by atoms with Crippen LogP contribution in [0.25, 0.3) is 0 Å². The first kappa shape index (κ1) is 12.4. The van der Waals surface area contributed by atoms with Gasteiger partial charge >= 0.3 is 0 Å². The summed E-state index contributed by atoms with van der Waals surface area (Å²) in [5, 5.41) is 0. The summed E-state index contributed by atoms with van der Waals surface area (Å²) in [5.74, 6) is 0.373. The average molecular weight is 240 g/mol. The Bertz CT molecular complexity index is 497. The predicted octanol–water partition coefficient (Wildman–Crippen LogP) is 3.90. The lowest BCUT2D eigenvalue weighted by Crippen LogP contribution is -2.16. The second kappa shape index (κ2) is 6.01. The van der Waals surface area contributed by atoms with Gasteiger partial charge in [-0.3, -0.25) is 4.79 Å². The molecule has 1 aromatic carbocycles. The van der Waals surface area contributed by atoms with Crippen molar-refractivity contribution in [2.24, 2.45) is 5.92 Å². The fraction of sp³-hybridized carbons (Fsp3) is 0.188. The van der Waals surface area contributed by atoms with E-state index in [1.165, 1.54) is 6.26 Å². The standard InChI is InChI=1S/C16H16O2/c1-2-7-14(12-13-8-4-3-5-9-13)16(17)15-10-6-11-18-15/h2-6,8-11,14H,1,7,12H2. The smallest absolute Gasteiger partial charge is 0.201 e. The Morgan fingerprint density at radius 3 is 2.61 bits per heavy atom. The maximum absolute atomic E-state index is 12.3. The normalized spacial score (nSPS) is 12.0. The van der Waals surface area contributed by atoms with Gasteiger partial charge in [0, 0.05) is 5.92 Å². The molecule has 0 saturated carbocycles. The zero-order valence-corrected chi connectivity index (χ0v) is 10.2. The van der Waals surface area contributed by atoms with Crippen molar-refractivity contribution in [2.75, 3.05) is 0 Å². The van der Waals surface area contributed by atoms with Crippen LogP contribution >= 0.6 is 0 Å². The van der Waals surface area contributed by atoms with E-state index in [0.29, 0.717) is 18.6 Å². The summed E-state index contributed by atoms with van der Waals surface area (Å²) in [7, 11) is 0. The van der Waals surface area contributed by atoms with Crippen LogP contribution in [0.3, 0.4) is 0 Å². The second-order valence-electron chi connectivity index (χ2n) is 4.25. The summed E-state index contributed by atoms with van der Waals surface area (Å²) in [6.07, 6.45) is 4.69. The average Bonchev–Trinajstić information content (AvgIpc) is 2.92. The predicted molar refractivity (Wildman–Crippen MR) is 71.5 cm³/mol. The number of hydrogen-bond acceptors (Lipinski definition) is 2. The third kappa shape index (κ3) is 2.98. The summed E-state index contributed by atoms with van der Waals surface area (Å²) in [4.78, 5) is 12.3. The highest BCUT2D eigenvalue weighted by Gasteiger charge is 2.21. The molecule has 2 nitrogen and oxygen atoms in total. The van der Waals surface area contributed by atoms with E-state index >= 15 is 0 Å². The number of ketones is 1. The van der Waals surface area contributed by atoms with Crippen LogP contribution in [-0.2, 0) is 6.42 Å². The van der Waals surface area contributed by atoms with Crippen LogP contribution in [0.2, 0.25) is 0 Å². The number of allylic oxidation sites excluding steroid dienone is 1. The number of carbonyl (C=O) groups excluding carboxylic acids is 1. The van der Waals surface area contributed by atoms with E-state index in [-0.39, 0.29) is 11.7 Å². The van der Waals surface area contributed by atoms with Crippen LogP contribution in [0.1, 0.15) is 22.5 Å². The SMILES string of the molecule is C=CCC(Cc1ccccc1)C(=O)c1ccco1. The molecular weight excluding hydrogens is 224 g/mol. The molecule has 0 fully saturated rings. The van der Waals surface area contributed by atoms with E-state index in [0.717, 1.165) is 5.56 Å². The van der Waals surface area contributed by atoms with E-state index in [9.17, 15) is 4.79 Å². The summed E-state index contributed by atoms with van der Waals surface area (Å²) >= 11 is 0. The molecule has 1 atom stereocenters. The van der Waals surface area contributed by atoms with Gasteiger partial charge < -0.3 is 4.42 Å². The van der Waals surface area contributed by atoms with Crippen LogP contribution in [-0.4, -0.2) is 5.78 Å². The zero-order valence-electron chi connectivity index (χ0n) is 10.2. The van der Waals surface area contributed by atoms with Gasteiger partial charge in [0.25, 0.3) is 0 Å². The summed E-state index contributed by atoms with van der Waals surface area (Å²) < 4.78 is 5.18. The molecule has 0 aliphatic rings. The highest BCUT2D eigenvalue weighted by Crippen LogP contribution is 2.18. The topological polar surface area (TPSA) is 30.2 Å². The van der Waals surface area contributed by atoms with Crippen LogP contribution in [0.15, 0.2) is 65.8 Å². The Kier molecular flexibility index (Phi) is 4.13. The largest absolute Gasteiger partial charge is 0.461 e. The Labute approximate surface area is 107 Å². The molecule has 0 spiro atoms. The van der Waals surface area contributed by atoms with Gasteiger partial charge in [0.2, 0.25) is 5.78 Å². The molecule has 1 aromatic heterocycles. The Morgan fingerprint density at radius 1 is 1.22 bits per heavy atom. The molecule has 0 saturated heterocycles. The van der Waals surface area contributed by atoms with Crippen molar-refractivity contribution in [2.45, 2.75) is 12.8 Å². The first-order chi connectivity index (χ1) is 8.81. The molecule has 1 heterocycles. The van der Waals surface area contributed by atoms with Crippen molar-refractivity contribution in [3.63, 3.8) is 0 Å². The van der Waals surface area contributed by atoms with Crippen molar-refractivity contribution in [3.8, 4) is 0 Å². The lowest BCUT2D eigenvalue weighted by molar-refractivity contribution is 0.0891. The molecule has 0 radical (unpaired) electrons. The van der Waals surface area contributed by atoms with Gasteiger partial charge in [-0.1, -0.05) is 36.4 Å². The van der Waals surface area contributed by atoms with Crippen molar-refractivity contribution < 1.29 is 9.21 Å². The third-order valence-electron chi connectivity index (χ3n) is 2.91. The molecule has 0 bridgehead atoms. The Balaban J connectivity index is 2.13. The molecule has 18 heavy (non-hydrogen) atoms. The Morgan fingerprint density at radius 2 is 2.00 bits per heavy atom. The third-order valence-corrected chi connectivity index (χ3v) is 2.91. The van der Waals surface area contributed by atoms with E-state index in [2.05, 4.69) is 6.58 Å². The monoisotopic (exact) mass is 240 g/mol. The maximum Gasteiger partial charge on any atom is 0.201 e. The van der Waals surface area contributed by atoms with Gasteiger partial charge in [0.1, 0.15) is 0 Å². The second-order valence-corrected chi connectivity index (χ2v) is 4.25. The molecule has 2 heteroatoms. The number of hydrogen-bond donors (Lipinski definition) is 0. The van der Waals surface area contributed by atoms with Crippen molar-refractivity contribution in [1.29, 1.82) is 0 Å². The number of rotatable bonds is 6.